The molecule has 0 unspecified atom stereocenters. The van der Waals surface area contributed by atoms with E-state index in [2.05, 4.69) is 71.1 Å². The van der Waals surface area contributed by atoms with E-state index >= 15 is 0 Å². The first-order chi connectivity index (χ1) is 20.8. The van der Waals surface area contributed by atoms with Gasteiger partial charge in [-0.25, -0.2) is 0 Å². The number of rotatable bonds is 8. The lowest BCUT2D eigenvalue weighted by molar-refractivity contribution is -0.384. The summed E-state index contributed by atoms with van der Waals surface area (Å²) in [6, 6.07) is 30.8. The van der Waals surface area contributed by atoms with Crippen molar-refractivity contribution in [2.45, 2.75) is 35.7 Å². The first kappa shape index (κ1) is 28.4. The number of aryl methyl sites for hydroxylation is 1. The van der Waals surface area contributed by atoms with Crippen molar-refractivity contribution in [3.05, 3.63) is 136 Å². The number of nitrogens with zero attached hydrogens (tertiary/aromatic N) is 4. The van der Waals surface area contributed by atoms with Crippen molar-refractivity contribution >= 4 is 40.5 Å². The highest BCUT2D eigenvalue weighted by molar-refractivity contribution is 7.99. The van der Waals surface area contributed by atoms with Crippen LogP contribution in [0.5, 0.6) is 5.75 Å². The Labute approximate surface area is 259 Å². The van der Waals surface area contributed by atoms with E-state index in [9.17, 15) is 10.1 Å². The van der Waals surface area contributed by atoms with Crippen LogP contribution in [-0.4, -0.2) is 26.7 Å². The third-order valence-electron chi connectivity index (χ3n) is 7.62. The minimum Gasteiger partial charge on any atom is -0.497 e. The first-order valence-corrected chi connectivity index (χ1v) is 14.9. The molecule has 5 aromatic rings. The Hall–Kier alpha value is -4.67. The number of non-ortho nitro benzene ring substituents is 1. The number of nitrogens with one attached hydrogen (secondary N) is 1. The molecule has 216 valence electrons. The lowest BCUT2D eigenvalue weighted by atomic mass is 9.96. The minimum absolute atomic E-state index is 0.0783. The van der Waals surface area contributed by atoms with Crippen molar-refractivity contribution in [1.82, 2.24) is 14.9 Å². The number of hydrogen-bond donors (Lipinski definition) is 1. The Bertz CT molecular complexity index is 1770. The number of pyridine rings is 1. The van der Waals surface area contributed by atoms with Gasteiger partial charge in [-0.15, -0.1) is 0 Å². The third-order valence-corrected chi connectivity index (χ3v) is 8.95. The molecule has 2 aromatic heterocycles. The van der Waals surface area contributed by atoms with Crippen molar-refractivity contribution in [3.8, 4) is 11.4 Å². The van der Waals surface area contributed by atoms with E-state index in [-0.39, 0.29) is 22.7 Å². The highest BCUT2D eigenvalue weighted by Crippen LogP contribution is 2.44. The molecular formula is C33H29N5O3S2. The van der Waals surface area contributed by atoms with E-state index in [1.54, 1.807) is 31.0 Å². The van der Waals surface area contributed by atoms with Gasteiger partial charge in [0.1, 0.15) is 5.75 Å². The van der Waals surface area contributed by atoms with Crippen molar-refractivity contribution in [3.63, 3.8) is 0 Å². The summed E-state index contributed by atoms with van der Waals surface area (Å²) in [6.07, 6.45) is 1.81. The van der Waals surface area contributed by atoms with Gasteiger partial charge in [-0.05, 0) is 110 Å². The summed E-state index contributed by atoms with van der Waals surface area (Å²) in [7, 11) is 1.67. The monoisotopic (exact) mass is 607 g/mol. The largest absolute Gasteiger partial charge is 0.497 e. The fourth-order valence-electron chi connectivity index (χ4n) is 5.61. The summed E-state index contributed by atoms with van der Waals surface area (Å²) in [5.41, 5.74) is 6.40. The summed E-state index contributed by atoms with van der Waals surface area (Å²) >= 11 is 7.51. The number of thiocarbonyl (C=S) groups is 1. The molecule has 0 spiro atoms. The molecular weight excluding hydrogens is 579 g/mol. The summed E-state index contributed by atoms with van der Waals surface area (Å²) in [5, 5.41) is 15.2. The number of benzene rings is 3. The molecule has 3 heterocycles. The zero-order chi connectivity index (χ0) is 30.1. The topological polar surface area (TPSA) is 85.5 Å². The molecule has 43 heavy (non-hydrogen) atoms. The van der Waals surface area contributed by atoms with E-state index < -0.39 is 0 Å². The Kier molecular flexibility index (Phi) is 7.88. The van der Waals surface area contributed by atoms with Gasteiger partial charge in [-0.1, -0.05) is 17.8 Å². The van der Waals surface area contributed by atoms with Crippen LogP contribution in [0.25, 0.3) is 5.69 Å². The van der Waals surface area contributed by atoms with Crippen LogP contribution in [0.4, 0.5) is 11.4 Å². The molecule has 1 N–H and O–H groups in total. The number of nitro groups is 1. The third kappa shape index (κ3) is 5.59. The van der Waals surface area contributed by atoms with Crippen molar-refractivity contribution in [1.29, 1.82) is 0 Å². The molecule has 3 aromatic carbocycles. The second-order valence-corrected chi connectivity index (χ2v) is 11.7. The number of hydrogen-bond acceptors (Lipinski definition) is 6. The predicted octanol–water partition coefficient (Wildman–Crippen LogP) is 7.73. The number of methoxy groups -OCH3 is 1. The van der Waals surface area contributed by atoms with E-state index in [0.717, 1.165) is 49.6 Å². The molecule has 0 bridgehead atoms. The van der Waals surface area contributed by atoms with Crippen molar-refractivity contribution in [2.24, 2.45) is 0 Å². The van der Waals surface area contributed by atoms with E-state index in [1.807, 2.05) is 36.5 Å². The van der Waals surface area contributed by atoms with Gasteiger partial charge in [0.05, 0.1) is 29.8 Å². The normalized spacial score (nSPS) is 16.3. The first-order valence-electron chi connectivity index (χ1n) is 13.7. The maximum Gasteiger partial charge on any atom is 0.269 e. The van der Waals surface area contributed by atoms with Crippen LogP contribution in [0.1, 0.15) is 34.7 Å². The molecule has 1 aliphatic rings. The van der Waals surface area contributed by atoms with Gasteiger partial charge in [-0.3, -0.25) is 15.1 Å². The standard InChI is InChI=1S/C33H29N5O3S2/c1-21-20-29(22(2)36(21)23-7-13-26(41-3)14-8-23)32-31(30-6-4-5-19-34-30)35-33(42)37(32)24-9-15-27(16-10-24)43-28-17-11-25(12-18-28)38(39)40/h4-20,31-32H,1-3H3,(H,35,42)/t31-,32-/m1/s1. The molecule has 6 rings (SSSR count). The van der Waals surface area contributed by atoms with Gasteiger partial charge in [0, 0.05) is 50.9 Å². The number of ether oxygens (including phenoxy) is 1. The van der Waals surface area contributed by atoms with Gasteiger partial charge < -0.3 is 19.5 Å². The minimum atomic E-state index is -0.390. The Morgan fingerprint density at radius 3 is 2.19 bits per heavy atom. The number of anilines is 1. The van der Waals surface area contributed by atoms with Gasteiger partial charge in [-0.2, -0.15) is 0 Å². The molecule has 1 aliphatic heterocycles. The highest BCUT2D eigenvalue weighted by atomic mass is 32.2. The zero-order valence-electron chi connectivity index (χ0n) is 23.8. The van der Waals surface area contributed by atoms with Crippen LogP contribution in [-0.2, 0) is 0 Å². The average Bonchev–Trinajstić information content (AvgIpc) is 3.52. The summed E-state index contributed by atoms with van der Waals surface area (Å²) in [6.45, 7) is 4.26. The molecule has 8 nitrogen and oxygen atoms in total. The summed E-state index contributed by atoms with van der Waals surface area (Å²) < 4.78 is 7.63. The molecule has 0 aliphatic carbocycles. The molecule has 10 heteroatoms. The van der Waals surface area contributed by atoms with Crippen LogP contribution in [0, 0.1) is 24.0 Å². The highest BCUT2D eigenvalue weighted by Gasteiger charge is 2.42. The molecule has 1 saturated heterocycles. The molecule has 0 radical (unpaired) electrons. The lowest BCUT2D eigenvalue weighted by Crippen LogP contribution is -2.29. The predicted molar refractivity (Wildman–Crippen MR) is 173 cm³/mol. The Morgan fingerprint density at radius 2 is 1.58 bits per heavy atom. The number of aromatic nitrogens is 2. The summed E-state index contributed by atoms with van der Waals surface area (Å²) in [5.74, 6) is 0.813. The molecule has 1 fully saturated rings. The zero-order valence-corrected chi connectivity index (χ0v) is 25.4. The maximum absolute atomic E-state index is 11.0. The maximum atomic E-state index is 11.0. The average molecular weight is 608 g/mol. The fourth-order valence-corrected chi connectivity index (χ4v) is 6.77. The van der Waals surface area contributed by atoms with Crippen LogP contribution in [0.3, 0.4) is 0 Å². The van der Waals surface area contributed by atoms with Gasteiger partial charge >= 0.3 is 0 Å². The Morgan fingerprint density at radius 1 is 0.930 bits per heavy atom. The van der Waals surface area contributed by atoms with Crippen molar-refractivity contribution in [2.75, 3.05) is 12.0 Å². The van der Waals surface area contributed by atoms with Crippen LogP contribution >= 0.6 is 24.0 Å². The SMILES string of the molecule is COc1ccc(-n2c(C)cc([C@@H]3[C@@H](c4ccccn4)NC(=S)N3c3ccc(Sc4ccc([N+](=O)[O-])cc4)cc3)c2C)cc1. The second kappa shape index (κ2) is 11.9. The van der Waals surface area contributed by atoms with E-state index in [0.29, 0.717) is 5.11 Å². The molecule has 0 saturated carbocycles. The van der Waals surface area contributed by atoms with Gasteiger partial charge in [0.25, 0.3) is 5.69 Å². The lowest BCUT2D eigenvalue weighted by Gasteiger charge is -2.28. The second-order valence-electron chi connectivity index (χ2n) is 10.2. The van der Waals surface area contributed by atoms with Crippen LogP contribution in [0.2, 0.25) is 0 Å². The quantitative estimate of drug-likeness (QED) is 0.109. The Balaban J connectivity index is 1.36. The van der Waals surface area contributed by atoms with E-state index in [4.69, 9.17) is 21.9 Å². The number of nitro benzene ring substituents is 1. The van der Waals surface area contributed by atoms with Gasteiger partial charge in [0.15, 0.2) is 5.11 Å². The van der Waals surface area contributed by atoms with E-state index in [1.165, 1.54) is 12.1 Å². The molecule has 2 atom stereocenters. The van der Waals surface area contributed by atoms with Gasteiger partial charge in [0.2, 0.25) is 0 Å². The smallest absolute Gasteiger partial charge is 0.269 e. The molecule has 0 amide bonds. The summed E-state index contributed by atoms with van der Waals surface area (Å²) in [4.78, 5) is 19.4. The van der Waals surface area contributed by atoms with Crippen LogP contribution < -0.4 is 15.0 Å². The fraction of sp³-hybridized carbons (Fsp3) is 0.152. The van der Waals surface area contributed by atoms with Crippen molar-refractivity contribution < 1.29 is 9.66 Å². The van der Waals surface area contributed by atoms with Crippen LogP contribution in [0.15, 0.2) is 113 Å².